The summed E-state index contributed by atoms with van der Waals surface area (Å²) in [5.41, 5.74) is 0. The zero-order chi connectivity index (χ0) is 11.7. The number of halogens is 1. The lowest BCUT2D eigenvalue weighted by atomic mass is 10.1. The molecule has 3 rings (SSSR count). The third-order valence-corrected chi connectivity index (χ3v) is 4.66. The van der Waals surface area contributed by atoms with Crippen molar-refractivity contribution in [2.45, 2.75) is 37.8 Å². The molecule has 1 saturated carbocycles. The van der Waals surface area contributed by atoms with Gasteiger partial charge < -0.3 is 4.90 Å². The molecule has 2 heterocycles. The maximum Gasteiger partial charge on any atom is 0.134 e. The molecule has 2 fully saturated rings. The van der Waals surface area contributed by atoms with Crippen LogP contribution in [0.3, 0.4) is 0 Å². The maximum atomic E-state index is 5.97. The Bertz CT molecular complexity index is 391. The van der Waals surface area contributed by atoms with Gasteiger partial charge in [-0.3, -0.25) is 0 Å². The van der Waals surface area contributed by atoms with E-state index in [9.17, 15) is 0 Å². The molecule has 17 heavy (non-hydrogen) atoms. The fourth-order valence-corrected chi connectivity index (χ4v) is 3.68. The Morgan fingerprint density at radius 1 is 1.12 bits per heavy atom. The predicted octanol–water partition coefficient (Wildman–Crippen LogP) is 2.99. The topological polar surface area (TPSA) is 29.0 Å². The van der Waals surface area contributed by atoms with Crippen molar-refractivity contribution in [3.63, 3.8) is 0 Å². The minimum Gasteiger partial charge on any atom is -0.350 e. The Hall–Kier alpha value is -0.480. The van der Waals surface area contributed by atoms with Gasteiger partial charge in [0.25, 0.3) is 0 Å². The van der Waals surface area contributed by atoms with Crippen LogP contribution in [0, 0.1) is 0 Å². The summed E-state index contributed by atoms with van der Waals surface area (Å²) in [5, 5.41) is 0.547. The summed E-state index contributed by atoms with van der Waals surface area (Å²) in [6.07, 6.45) is 6.70. The first-order valence-corrected chi connectivity index (χ1v) is 7.71. The van der Waals surface area contributed by atoms with E-state index in [2.05, 4.69) is 26.6 Å². The molecule has 0 N–H and O–H groups in total. The molecule has 0 bridgehead atoms. The van der Waals surface area contributed by atoms with E-state index in [-0.39, 0.29) is 0 Å². The van der Waals surface area contributed by atoms with Crippen LogP contribution in [0.25, 0.3) is 0 Å². The molecule has 0 amide bonds. The van der Waals surface area contributed by atoms with Gasteiger partial charge in [-0.1, -0.05) is 11.6 Å². The van der Waals surface area contributed by atoms with Gasteiger partial charge in [-0.2, -0.15) is 11.8 Å². The van der Waals surface area contributed by atoms with Crippen LogP contribution in [0.4, 0.5) is 5.82 Å². The van der Waals surface area contributed by atoms with Crippen molar-refractivity contribution in [2.24, 2.45) is 0 Å². The van der Waals surface area contributed by atoms with Crippen LogP contribution in [0.5, 0.6) is 0 Å². The summed E-state index contributed by atoms with van der Waals surface area (Å²) >= 11 is 8.03. The standard InChI is InChI=1S/C12H16ClN3S/c13-11-7-12(15-8-14-11)16(9-1-2-9)10-3-5-17-6-4-10/h7-10H,1-6H2. The average Bonchev–Trinajstić information content (AvgIpc) is 3.15. The molecule has 3 nitrogen and oxygen atoms in total. The molecule has 5 heteroatoms. The minimum absolute atomic E-state index is 0.547. The second-order valence-corrected chi connectivity index (χ2v) is 6.29. The van der Waals surface area contributed by atoms with Crippen LogP contribution in [0.1, 0.15) is 25.7 Å². The summed E-state index contributed by atoms with van der Waals surface area (Å²) in [5.74, 6) is 3.56. The summed E-state index contributed by atoms with van der Waals surface area (Å²) in [6.45, 7) is 0. The number of anilines is 1. The third-order valence-electron chi connectivity index (χ3n) is 3.41. The number of aromatic nitrogens is 2. The highest BCUT2D eigenvalue weighted by molar-refractivity contribution is 7.99. The maximum absolute atomic E-state index is 5.97. The van der Waals surface area contributed by atoms with Crippen molar-refractivity contribution >= 4 is 29.2 Å². The van der Waals surface area contributed by atoms with Gasteiger partial charge in [-0.15, -0.1) is 0 Å². The Labute approximate surface area is 111 Å². The summed E-state index contributed by atoms with van der Waals surface area (Å²) in [6, 6.07) is 3.24. The van der Waals surface area contributed by atoms with E-state index >= 15 is 0 Å². The molecule has 0 aromatic carbocycles. The zero-order valence-corrected chi connectivity index (χ0v) is 11.3. The van der Waals surface area contributed by atoms with E-state index in [4.69, 9.17) is 11.6 Å². The van der Waals surface area contributed by atoms with Gasteiger partial charge in [0, 0.05) is 18.2 Å². The molecule has 0 atom stereocenters. The van der Waals surface area contributed by atoms with E-state index in [1.807, 2.05) is 6.07 Å². The average molecular weight is 270 g/mol. The molecule has 0 spiro atoms. The van der Waals surface area contributed by atoms with Crippen LogP contribution in [0.2, 0.25) is 5.15 Å². The molecule has 1 aliphatic carbocycles. The lowest BCUT2D eigenvalue weighted by Crippen LogP contribution is -2.40. The van der Waals surface area contributed by atoms with Crippen LogP contribution >= 0.6 is 23.4 Å². The summed E-state index contributed by atoms with van der Waals surface area (Å²) in [4.78, 5) is 10.9. The normalized spacial score (nSPS) is 21.5. The fraction of sp³-hybridized carbons (Fsp3) is 0.667. The van der Waals surface area contributed by atoms with Crippen LogP contribution < -0.4 is 4.90 Å². The van der Waals surface area contributed by atoms with Crippen LogP contribution in [0.15, 0.2) is 12.4 Å². The Kier molecular flexibility index (Phi) is 3.43. The number of thioether (sulfide) groups is 1. The molecule has 1 aromatic heterocycles. The first kappa shape index (κ1) is 11.6. The van der Waals surface area contributed by atoms with Gasteiger partial charge in [0.2, 0.25) is 0 Å². The van der Waals surface area contributed by atoms with E-state index < -0.39 is 0 Å². The Morgan fingerprint density at radius 3 is 2.47 bits per heavy atom. The van der Waals surface area contributed by atoms with Gasteiger partial charge in [-0.05, 0) is 37.2 Å². The predicted molar refractivity (Wildman–Crippen MR) is 72.9 cm³/mol. The van der Waals surface area contributed by atoms with Crippen molar-refractivity contribution in [1.29, 1.82) is 0 Å². The summed E-state index contributed by atoms with van der Waals surface area (Å²) < 4.78 is 0. The van der Waals surface area contributed by atoms with Gasteiger partial charge in [-0.25, -0.2) is 9.97 Å². The van der Waals surface area contributed by atoms with E-state index in [0.29, 0.717) is 17.2 Å². The van der Waals surface area contributed by atoms with Gasteiger partial charge in [0.1, 0.15) is 17.3 Å². The van der Waals surface area contributed by atoms with Gasteiger partial charge >= 0.3 is 0 Å². The molecular weight excluding hydrogens is 254 g/mol. The molecule has 1 aromatic rings. The molecule has 0 unspecified atom stereocenters. The van der Waals surface area contributed by atoms with Gasteiger partial charge in [0.15, 0.2) is 0 Å². The van der Waals surface area contributed by atoms with Gasteiger partial charge in [0.05, 0.1) is 0 Å². The molecule has 1 saturated heterocycles. The minimum atomic E-state index is 0.547. The Morgan fingerprint density at radius 2 is 1.82 bits per heavy atom. The summed E-state index contributed by atoms with van der Waals surface area (Å²) in [7, 11) is 0. The molecule has 1 aliphatic heterocycles. The van der Waals surface area contributed by atoms with E-state index in [1.165, 1.54) is 37.2 Å². The highest BCUT2D eigenvalue weighted by Crippen LogP contribution is 2.36. The van der Waals surface area contributed by atoms with Crippen molar-refractivity contribution in [3.05, 3.63) is 17.5 Å². The van der Waals surface area contributed by atoms with Crippen molar-refractivity contribution in [1.82, 2.24) is 9.97 Å². The molecule has 0 radical (unpaired) electrons. The second-order valence-electron chi connectivity index (χ2n) is 4.68. The first-order chi connectivity index (χ1) is 8.34. The number of hydrogen-bond acceptors (Lipinski definition) is 4. The molecular formula is C12H16ClN3S. The lowest BCUT2D eigenvalue weighted by molar-refractivity contribution is 0.545. The fourth-order valence-electron chi connectivity index (χ4n) is 2.45. The molecule has 2 aliphatic rings. The lowest BCUT2D eigenvalue weighted by Gasteiger charge is -2.35. The Balaban J connectivity index is 1.83. The first-order valence-electron chi connectivity index (χ1n) is 6.18. The zero-order valence-electron chi connectivity index (χ0n) is 9.68. The smallest absolute Gasteiger partial charge is 0.134 e. The monoisotopic (exact) mass is 269 g/mol. The van der Waals surface area contributed by atoms with Crippen molar-refractivity contribution in [3.8, 4) is 0 Å². The van der Waals surface area contributed by atoms with Crippen molar-refractivity contribution < 1.29 is 0 Å². The van der Waals surface area contributed by atoms with E-state index in [1.54, 1.807) is 6.33 Å². The second kappa shape index (κ2) is 5.02. The van der Waals surface area contributed by atoms with E-state index in [0.717, 1.165) is 5.82 Å². The number of nitrogens with zero attached hydrogens (tertiary/aromatic N) is 3. The quantitative estimate of drug-likeness (QED) is 0.789. The van der Waals surface area contributed by atoms with Crippen LogP contribution in [-0.2, 0) is 0 Å². The van der Waals surface area contributed by atoms with Crippen molar-refractivity contribution in [2.75, 3.05) is 16.4 Å². The number of hydrogen-bond donors (Lipinski definition) is 0. The highest BCUT2D eigenvalue weighted by Gasteiger charge is 2.35. The number of rotatable bonds is 3. The largest absolute Gasteiger partial charge is 0.350 e. The van der Waals surface area contributed by atoms with Crippen LogP contribution in [-0.4, -0.2) is 33.6 Å². The third kappa shape index (κ3) is 2.68. The SMILES string of the molecule is Clc1cc(N(C2CCSCC2)C2CC2)ncn1. The highest BCUT2D eigenvalue weighted by atomic mass is 35.5. The molecule has 92 valence electrons.